The number of benzene rings is 4. The van der Waals surface area contributed by atoms with E-state index in [1.54, 1.807) is 84.9 Å². The van der Waals surface area contributed by atoms with Gasteiger partial charge in [-0.25, -0.2) is 0 Å². The molecule has 0 N–H and O–H groups in total. The van der Waals surface area contributed by atoms with Crippen LogP contribution in [0.25, 0.3) is 0 Å². The van der Waals surface area contributed by atoms with Crippen LogP contribution >= 0.6 is 92.8 Å². The normalized spacial score (nSPS) is 14.0. The highest BCUT2D eigenvalue weighted by Crippen LogP contribution is 2.33. The van der Waals surface area contributed by atoms with Gasteiger partial charge in [0.2, 0.25) is 0 Å². The van der Waals surface area contributed by atoms with Crippen molar-refractivity contribution in [3.63, 3.8) is 0 Å². The van der Waals surface area contributed by atoms with Crippen molar-refractivity contribution in [2.24, 2.45) is 0 Å². The van der Waals surface area contributed by atoms with E-state index in [2.05, 4.69) is 0 Å². The minimum Gasteiger partial charge on any atom is -0.363 e. The van der Waals surface area contributed by atoms with E-state index in [9.17, 15) is 4.91 Å². The fourth-order valence-corrected chi connectivity index (χ4v) is 5.63. The van der Waals surface area contributed by atoms with Crippen LogP contribution in [-0.2, 0) is 32.4 Å². The van der Waals surface area contributed by atoms with Gasteiger partial charge in [-0.1, -0.05) is 129 Å². The summed E-state index contributed by atoms with van der Waals surface area (Å²) >= 11 is 49.8. The zero-order chi connectivity index (χ0) is 31.8. The zero-order valence-electron chi connectivity index (χ0n) is 22.3. The van der Waals surface area contributed by atoms with Gasteiger partial charge in [-0.15, -0.1) is 0 Å². The van der Waals surface area contributed by atoms with E-state index in [0.29, 0.717) is 52.4 Å². The number of ether oxygens (including phenoxy) is 2. The first-order chi connectivity index (χ1) is 21.0. The topological polar surface area (TPSA) is 57.0 Å². The van der Waals surface area contributed by atoms with E-state index in [4.69, 9.17) is 112 Å². The minimum absolute atomic E-state index is 0.0213. The third-order valence-electron chi connectivity index (χ3n) is 6.11. The predicted octanol–water partition coefficient (Wildman–Crippen LogP) is 11.6. The second-order valence-corrected chi connectivity index (χ2v) is 12.6. The number of rotatable bonds is 14. The Morgan fingerprint density at radius 2 is 0.864 bits per heavy atom. The molecule has 4 aromatic carbocycles. The minimum atomic E-state index is -1.38. The standard InChI is InChI=1S/C30H22Cl8NO5/c31-21-7-1-17(2-8-21)27(41-15-19-5-11-23(33)13-25(19)35)29(37)43-39(40)44-30(38)28(18-3-9-22(32)10-4-18)42-16-20-6-12-24(34)14-26(20)36/h1-14,27-30H,15-16H2/q+1. The average molecular weight is 760 g/mol. The summed E-state index contributed by atoms with van der Waals surface area (Å²) in [5, 5.41) is 2.52. The molecule has 6 nitrogen and oxygen atoms in total. The van der Waals surface area contributed by atoms with Gasteiger partial charge in [0.15, 0.2) is 0 Å². The fourth-order valence-electron chi connectivity index (χ4n) is 3.89. The Labute approximate surface area is 293 Å². The average Bonchev–Trinajstić information content (AvgIpc) is 2.97. The van der Waals surface area contributed by atoms with Gasteiger partial charge in [0.25, 0.3) is 11.1 Å². The SMILES string of the molecule is O=[N+](OC(Cl)C(OCc1ccc(Cl)cc1Cl)c1ccc(Cl)cc1)OC(Cl)C(OCc1ccc(Cl)cc1Cl)c1ccc(Cl)cc1. The lowest BCUT2D eigenvalue weighted by Crippen LogP contribution is -2.29. The second-order valence-electron chi connectivity index (χ2n) is 9.17. The van der Waals surface area contributed by atoms with Gasteiger partial charge < -0.3 is 9.47 Å². The van der Waals surface area contributed by atoms with E-state index in [0.717, 1.165) is 0 Å². The molecule has 4 atom stereocenters. The van der Waals surface area contributed by atoms with E-state index in [1.807, 2.05) is 0 Å². The molecule has 4 unspecified atom stereocenters. The molecular weight excluding hydrogens is 738 g/mol. The number of alkyl halides is 2. The van der Waals surface area contributed by atoms with Gasteiger partial charge in [0.05, 0.1) is 13.2 Å². The van der Waals surface area contributed by atoms with Crippen molar-refractivity contribution in [3.05, 3.63) is 142 Å². The molecule has 4 rings (SSSR count). The molecule has 0 amide bonds. The van der Waals surface area contributed by atoms with Gasteiger partial charge in [0, 0.05) is 30.1 Å². The number of nitrogens with zero attached hydrogens (tertiary/aromatic N) is 1. The fraction of sp³-hybridized carbons (Fsp3) is 0.200. The summed E-state index contributed by atoms with van der Waals surface area (Å²) in [6.07, 6.45) is -1.94. The van der Waals surface area contributed by atoms with Crippen molar-refractivity contribution in [1.29, 1.82) is 0 Å². The Kier molecular flexibility index (Phi) is 13.4. The van der Waals surface area contributed by atoms with Crippen LogP contribution in [0.3, 0.4) is 0 Å². The maximum atomic E-state index is 12.9. The van der Waals surface area contributed by atoms with Gasteiger partial charge in [-0.2, -0.15) is 9.68 Å². The van der Waals surface area contributed by atoms with Crippen molar-refractivity contribution < 1.29 is 24.2 Å². The Bertz CT molecular complexity index is 1440. The Hall–Kier alpha value is -1.68. The molecule has 0 aliphatic rings. The molecular formula is C30H22Cl8NO5+. The maximum Gasteiger partial charge on any atom is 0.480 e. The highest BCUT2D eigenvalue weighted by atomic mass is 35.5. The first-order valence-electron chi connectivity index (χ1n) is 12.7. The number of halogens is 8. The maximum absolute atomic E-state index is 12.9. The summed E-state index contributed by atoms with van der Waals surface area (Å²) in [6, 6.07) is 23.3. The van der Waals surface area contributed by atoms with Crippen LogP contribution in [0.2, 0.25) is 30.1 Å². The monoisotopic (exact) mass is 756 g/mol. The van der Waals surface area contributed by atoms with E-state index >= 15 is 0 Å². The highest BCUT2D eigenvalue weighted by Gasteiger charge is 2.37. The molecule has 0 saturated carbocycles. The molecule has 0 saturated heterocycles. The first-order valence-corrected chi connectivity index (χ1v) is 15.8. The molecule has 0 spiro atoms. The summed E-state index contributed by atoms with van der Waals surface area (Å²) in [5.41, 5.74) is -0.356. The molecule has 0 fully saturated rings. The molecule has 0 radical (unpaired) electrons. The lowest BCUT2D eigenvalue weighted by atomic mass is 10.1. The lowest BCUT2D eigenvalue weighted by Gasteiger charge is -2.21. The van der Waals surface area contributed by atoms with Crippen LogP contribution in [0.5, 0.6) is 0 Å². The van der Waals surface area contributed by atoms with Gasteiger partial charge in [-0.3, -0.25) is 0 Å². The predicted molar refractivity (Wildman–Crippen MR) is 176 cm³/mol. The third-order valence-corrected chi connectivity index (χ3v) is 8.41. The largest absolute Gasteiger partial charge is 0.480 e. The van der Waals surface area contributed by atoms with Crippen molar-refractivity contribution in [1.82, 2.24) is 0 Å². The van der Waals surface area contributed by atoms with Crippen LogP contribution in [0.15, 0.2) is 84.9 Å². The molecule has 0 bridgehead atoms. The Balaban J connectivity index is 1.47. The molecule has 0 heterocycles. The van der Waals surface area contributed by atoms with Crippen LogP contribution < -0.4 is 0 Å². The first kappa shape index (κ1) is 35.2. The van der Waals surface area contributed by atoms with Gasteiger partial charge in [0.1, 0.15) is 17.1 Å². The van der Waals surface area contributed by atoms with E-state index in [1.165, 1.54) is 0 Å². The summed E-state index contributed by atoms with van der Waals surface area (Å²) in [6.45, 7) is 0.0426. The summed E-state index contributed by atoms with van der Waals surface area (Å²) < 4.78 is 12.1. The molecule has 0 aliphatic heterocycles. The summed E-state index contributed by atoms with van der Waals surface area (Å²) in [4.78, 5) is 23.5. The van der Waals surface area contributed by atoms with Crippen molar-refractivity contribution >= 4 is 92.8 Å². The van der Waals surface area contributed by atoms with Crippen LogP contribution in [0.1, 0.15) is 34.5 Å². The van der Waals surface area contributed by atoms with Crippen molar-refractivity contribution in [2.75, 3.05) is 0 Å². The molecule has 44 heavy (non-hydrogen) atoms. The van der Waals surface area contributed by atoms with E-state index < -0.39 is 23.3 Å². The molecule has 0 aromatic heterocycles. The molecule has 4 aromatic rings. The van der Waals surface area contributed by atoms with Gasteiger partial charge >= 0.3 is 5.09 Å². The Morgan fingerprint density at radius 3 is 1.20 bits per heavy atom. The quantitative estimate of drug-likeness (QED) is 0.0946. The lowest BCUT2D eigenvalue weighted by molar-refractivity contribution is -0.988. The van der Waals surface area contributed by atoms with Crippen molar-refractivity contribution in [3.8, 4) is 0 Å². The Morgan fingerprint density at radius 1 is 0.523 bits per heavy atom. The van der Waals surface area contributed by atoms with Gasteiger partial charge in [-0.05, 0) is 70.8 Å². The second kappa shape index (κ2) is 16.8. The molecule has 14 heteroatoms. The number of hydrogen-bond donors (Lipinski definition) is 0. The zero-order valence-corrected chi connectivity index (χ0v) is 28.4. The van der Waals surface area contributed by atoms with Crippen LogP contribution in [0, 0.1) is 4.91 Å². The van der Waals surface area contributed by atoms with E-state index in [-0.39, 0.29) is 18.3 Å². The number of hydrogen-bond acceptors (Lipinski definition) is 5. The summed E-state index contributed by atoms with van der Waals surface area (Å²) in [5.74, 6) is 0. The summed E-state index contributed by atoms with van der Waals surface area (Å²) in [7, 11) is 0. The van der Waals surface area contributed by atoms with Crippen LogP contribution in [-0.4, -0.2) is 16.2 Å². The third kappa shape index (κ3) is 10.2. The van der Waals surface area contributed by atoms with Crippen molar-refractivity contribution in [2.45, 2.75) is 36.5 Å². The molecule has 0 aliphatic carbocycles. The highest BCUT2D eigenvalue weighted by molar-refractivity contribution is 6.35. The van der Waals surface area contributed by atoms with Crippen LogP contribution in [0.4, 0.5) is 0 Å². The smallest absolute Gasteiger partial charge is 0.363 e. The molecule has 232 valence electrons.